The molecule has 20 heavy (non-hydrogen) atoms. The first-order valence-corrected chi connectivity index (χ1v) is 6.63. The summed E-state index contributed by atoms with van der Waals surface area (Å²) in [4.78, 5) is 12.0. The molecule has 0 spiro atoms. The molecule has 0 radical (unpaired) electrons. The van der Waals surface area contributed by atoms with Gasteiger partial charge in [0.2, 0.25) is 0 Å². The Kier molecular flexibility index (Phi) is 4.30. The Morgan fingerprint density at radius 1 is 1.20 bits per heavy atom. The minimum absolute atomic E-state index is 0.216. The van der Waals surface area contributed by atoms with E-state index < -0.39 is 5.97 Å². The number of carbonyl (C=O) groups excluding carboxylic acids is 1. The minimum atomic E-state index is -0.468. The van der Waals surface area contributed by atoms with Crippen LogP contribution in [-0.2, 0) is 11.3 Å². The van der Waals surface area contributed by atoms with Crippen LogP contribution < -0.4 is 5.73 Å². The molecule has 3 nitrogen and oxygen atoms in total. The number of aryl methyl sites for hydroxylation is 2. The van der Waals surface area contributed by atoms with E-state index in [1.54, 1.807) is 18.2 Å². The van der Waals surface area contributed by atoms with Crippen molar-refractivity contribution in [2.24, 2.45) is 0 Å². The largest absolute Gasteiger partial charge is 0.457 e. The lowest BCUT2D eigenvalue weighted by Gasteiger charge is -2.09. The number of hydrogen-bond donors (Lipinski definition) is 1. The van der Waals surface area contributed by atoms with Crippen LogP contribution in [0.5, 0.6) is 0 Å². The fraction of sp³-hybridized carbons (Fsp3) is 0.188. The molecule has 2 N–H and O–H groups in total. The van der Waals surface area contributed by atoms with Gasteiger partial charge in [-0.1, -0.05) is 47.0 Å². The second-order valence-corrected chi connectivity index (χ2v) is 5.18. The fourth-order valence-corrected chi connectivity index (χ4v) is 2.27. The van der Waals surface area contributed by atoms with Gasteiger partial charge in [0.05, 0.1) is 16.3 Å². The van der Waals surface area contributed by atoms with Crippen LogP contribution in [0.25, 0.3) is 0 Å². The molecule has 2 aromatic carbocycles. The van der Waals surface area contributed by atoms with E-state index in [9.17, 15) is 4.79 Å². The third-order valence-electron chi connectivity index (χ3n) is 2.92. The Bertz CT molecular complexity index is 633. The average Bonchev–Trinajstić information content (AvgIpc) is 2.38. The number of nitrogen functional groups attached to an aromatic ring is 1. The summed E-state index contributed by atoms with van der Waals surface area (Å²) in [6.45, 7) is 4.23. The summed E-state index contributed by atoms with van der Waals surface area (Å²) in [7, 11) is 0. The average molecular weight is 290 g/mol. The number of anilines is 1. The van der Waals surface area contributed by atoms with Gasteiger partial charge >= 0.3 is 5.97 Å². The highest BCUT2D eigenvalue weighted by atomic mass is 35.5. The van der Waals surface area contributed by atoms with E-state index in [-0.39, 0.29) is 12.3 Å². The van der Waals surface area contributed by atoms with Gasteiger partial charge in [-0.3, -0.25) is 0 Å². The zero-order chi connectivity index (χ0) is 14.7. The lowest BCUT2D eigenvalue weighted by molar-refractivity contribution is 0.0474. The van der Waals surface area contributed by atoms with Gasteiger partial charge in [0.25, 0.3) is 0 Å². The van der Waals surface area contributed by atoms with E-state index in [1.807, 2.05) is 26.0 Å². The maximum Gasteiger partial charge on any atom is 0.340 e. The third-order valence-corrected chi connectivity index (χ3v) is 3.25. The molecule has 0 aliphatic carbocycles. The SMILES string of the molecule is Cc1cc(C)cc(COC(=O)c2cccc(Cl)c2N)c1. The first-order chi connectivity index (χ1) is 9.47. The molecule has 0 unspecified atom stereocenters. The first kappa shape index (κ1) is 14.4. The van der Waals surface area contributed by atoms with E-state index in [1.165, 1.54) is 0 Å². The van der Waals surface area contributed by atoms with Crippen molar-refractivity contribution in [3.63, 3.8) is 0 Å². The molecule has 0 saturated carbocycles. The van der Waals surface area contributed by atoms with Crippen LogP contribution in [0.3, 0.4) is 0 Å². The maximum atomic E-state index is 12.0. The summed E-state index contributed by atoms with van der Waals surface area (Å²) in [6, 6.07) is 11.0. The van der Waals surface area contributed by atoms with Crippen molar-refractivity contribution in [1.29, 1.82) is 0 Å². The van der Waals surface area contributed by atoms with Crippen molar-refractivity contribution in [3.05, 3.63) is 63.7 Å². The van der Waals surface area contributed by atoms with E-state index in [4.69, 9.17) is 22.1 Å². The number of ether oxygens (including phenoxy) is 1. The monoisotopic (exact) mass is 289 g/mol. The highest BCUT2D eigenvalue weighted by Crippen LogP contribution is 2.23. The molecule has 2 aromatic rings. The minimum Gasteiger partial charge on any atom is -0.457 e. The number of esters is 1. The van der Waals surface area contributed by atoms with E-state index in [2.05, 4.69) is 6.07 Å². The fourth-order valence-electron chi connectivity index (χ4n) is 2.09. The van der Waals surface area contributed by atoms with Crippen LogP contribution in [-0.4, -0.2) is 5.97 Å². The number of para-hydroxylation sites is 1. The summed E-state index contributed by atoms with van der Waals surface area (Å²) in [6.07, 6.45) is 0. The molecule has 2 rings (SSSR count). The molecule has 4 heteroatoms. The van der Waals surface area contributed by atoms with Gasteiger partial charge in [0, 0.05) is 0 Å². The van der Waals surface area contributed by atoms with Gasteiger partial charge in [-0.15, -0.1) is 0 Å². The zero-order valence-corrected chi connectivity index (χ0v) is 12.2. The molecule has 0 aliphatic rings. The molecule has 0 atom stereocenters. The molecule has 0 heterocycles. The van der Waals surface area contributed by atoms with E-state index in [0.717, 1.165) is 16.7 Å². The van der Waals surface area contributed by atoms with Crippen molar-refractivity contribution in [2.75, 3.05) is 5.73 Å². The quantitative estimate of drug-likeness (QED) is 0.689. The van der Waals surface area contributed by atoms with Crippen LogP contribution in [0.4, 0.5) is 5.69 Å². The standard InChI is InChI=1S/C16H16ClNO2/c1-10-6-11(2)8-12(7-10)9-20-16(19)13-4-3-5-14(17)15(13)18/h3-8H,9,18H2,1-2H3. The van der Waals surface area contributed by atoms with Gasteiger partial charge in [-0.05, 0) is 31.5 Å². The molecule has 0 aliphatic heterocycles. The van der Waals surface area contributed by atoms with Gasteiger partial charge < -0.3 is 10.5 Å². The molecular weight excluding hydrogens is 274 g/mol. The predicted molar refractivity (Wildman–Crippen MR) is 80.9 cm³/mol. The van der Waals surface area contributed by atoms with Crippen LogP contribution in [0.1, 0.15) is 27.0 Å². The highest BCUT2D eigenvalue weighted by molar-refractivity contribution is 6.33. The topological polar surface area (TPSA) is 52.3 Å². The normalized spacial score (nSPS) is 10.3. The lowest BCUT2D eigenvalue weighted by Crippen LogP contribution is -2.08. The summed E-state index contributed by atoms with van der Waals surface area (Å²) < 4.78 is 5.28. The Morgan fingerprint density at radius 3 is 2.50 bits per heavy atom. The van der Waals surface area contributed by atoms with Crippen LogP contribution in [0.15, 0.2) is 36.4 Å². The van der Waals surface area contributed by atoms with Gasteiger partial charge in [0.1, 0.15) is 6.61 Å². The molecule has 0 amide bonds. The van der Waals surface area contributed by atoms with Crippen LogP contribution in [0, 0.1) is 13.8 Å². The van der Waals surface area contributed by atoms with E-state index in [0.29, 0.717) is 10.6 Å². The van der Waals surface area contributed by atoms with Crippen molar-refractivity contribution < 1.29 is 9.53 Å². The highest BCUT2D eigenvalue weighted by Gasteiger charge is 2.13. The summed E-state index contributed by atoms with van der Waals surface area (Å²) in [5.74, 6) is -0.468. The van der Waals surface area contributed by atoms with Crippen molar-refractivity contribution in [2.45, 2.75) is 20.5 Å². The van der Waals surface area contributed by atoms with Crippen molar-refractivity contribution in [3.8, 4) is 0 Å². The summed E-state index contributed by atoms with van der Waals surface area (Å²) >= 11 is 5.88. The Morgan fingerprint density at radius 2 is 1.85 bits per heavy atom. The Hall–Kier alpha value is -2.00. The number of halogens is 1. The number of hydrogen-bond acceptors (Lipinski definition) is 3. The smallest absolute Gasteiger partial charge is 0.340 e. The lowest BCUT2D eigenvalue weighted by atomic mass is 10.1. The number of nitrogens with two attached hydrogens (primary N) is 1. The summed E-state index contributed by atoms with van der Waals surface area (Å²) in [5.41, 5.74) is 9.54. The van der Waals surface area contributed by atoms with Gasteiger partial charge in [-0.25, -0.2) is 4.79 Å². The number of carbonyl (C=O) groups is 1. The Balaban J connectivity index is 2.10. The van der Waals surface area contributed by atoms with Crippen LogP contribution in [0.2, 0.25) is 5.02 Å². The number of rotatable bonds is 3. The van der Waals surface area contributed by atoms with Gasteiger partial charge in [0.15, 0.2) is 0 Å². The van der Waals surface area contributed by atoms with E-state index >= 15 is 0 Å². The third kappa shape index (κ3) is 3.31. The molecule has 0 bridgehead atoms. The van der Waals surface area contributed by atoms with Crippen molar-refractivity contribution in [1.82, 2.24) is 0 Å². The Labute approximate surface area is 123 Å². The first-order valence-electron chi connectivity index (χ1n) is 6.25. The molecule has 0 aromatic heterocycles. The summed E-state index contributed by atoms with van der Waals surface area (Å²) in [5, 5.41) is 0.353. The van der Waals surface area contributed by atoms with Crippen LogP contribution >= 0.6 is 11.6 Å². The molecular formula is C16H16ClNO2. The molecule has 104 valence electrons. The second-order valence-electron chi connectivity index (χ2n) is 4.77. The molecule has 0 fully saturated rings. The molecule has 0 saturated heterocycles. The van der Waals surface area contributed by atoms with Crippen molar-refractivity contribution >= 4 is 23.3 Å². The number of benzene rings is 2. The second kappa shape index (κ2) is 5.97. The zero-order valence-electron chi connectivity index (χ0n) is 11.4. The maximum absolute atomic E-state index is 12.0. The predicted octanol–water partition coefficient (Wildman–Crippen LogP) is 3.90. The van der Waals surface area contributed by atoms with Gasteiger partial charge in [-0.2, -0.15) is 0 Å².